The summed E-state index contributed by atoms with van der Waals surface area (Å²) in [4.78, 5) is 60.2. The number of halogens is 1. The third kappa shape index (κ3) is 12.4. The number of anilines is 1. The molecular formula is C42H60BrN5O8. The van der Waals surface area contributed by atoms with E-state index in [1.54, 1.807) is 23.6 Å². The van der Waals surface area contributed by atoms with Crippen molar-refractivity contribution in [2.75, 3.05) is 57.3 Å². The molecule has 56 heavy (non-hydrogen) atoms. The highest BCUT2D eigenvalue weighted by Crippen LogP contribution is 2.35. The molecule has 0 spiro atoms. The lowest BCUT2D eigenvalue weighted by Gasteiger charge is -2.39. The minimum Gasteiger partial charge on any atom is -0.491 e. The summed E-state index contributed by atoms with van der Waals surface area (Å²) in [5, 5.41) is 2.73. The van der Waals surface area contributed by atoms with Crippen LogP contribution in [0.4, 0.5) is 15.3 Å². The van der Waals surface area contributed by atoms with Gasteiger partial charge in [-0.2, -0.15) is 0 Å². The zero-order valence-corrected chi connectivity index (χ0v) is 35.9. The highest BCUT2D eigenvalue weighted by molar-refractivity contribution is 9.10. The van der Waals surface area contributed by atoms with Crippen molar-refractivity contribution in [2.45, 2.75) is 110 Å². The van der Waals surface area contributed by atoms with Crippen molar-refractivity contribution in [3.63, 3.8) is 0 Å². The van der Waals surface area contributed by atoms with Crippen LogP contribution in [0.5, 0.6) is 11.5 Å². The average Bonchev–Trinajstić information content (AvgIpc) is 3.97. The lowest BCUT2D eigenvalue weighted by Crippen LogP contribution is -2.57. The van der Waals surface area contributed by atoms with Gasteiger partial charge in [0.05, 0.1) is 12.5 Å². The number of carbonyl (C=O) groups is 4. The Labute approximate surface area is 340 Å². The SMILES string of the molecule is CC(C)(C)OC(=O)NCCOc1cc(Br)ccc1CN(C(=O)[C@@H]1CCCN(c2cccc(OC(C)(C)C(=O)N3CCN(C(=O)OC(C)(C)C)CC3)c2)C1)C1CC1. The molecule has 1 aliphatic carbocycles. The Morgan fingerprint density at radius 1 is 0.839 bits per heavy atom. The molecule has 2 heterocycles. The van der Waals surface area contributed by atoms with Crippen LogP contribution in [0.15, 0.2) is 46.9 Å². The summed E-state index contributed by atoms with van der Waals surface area (Å²) in [5.74, 6) is 1.06. The molecule has 308 valence electrons. The summed E-state index contributed by atoms with van der Waals surface area (Å²) < 4.78 is 24.2. The molecule has 1 saturated carbocycles. The number of piperidine rings is 1. The van der Waals surface area contributed by atoms with E-state index in [1.807, 2.05) is 88.9 Å². The van der Waals surface area contributed by atoms with Crippen LogP contribution in [-0.4, -0.2) is 114 Å². The monoisotopic (exact) mass is 841 g/mol. The molecule has 0 aromatic heterocycles. The fourth-order valence-corrected chi connectivity index (χ4v) is 7.25. The molecule has 0 bridgehead atoms. The Hall–Kier alpha value is -4.20. The van der Waals surface area contributed by atoms with Crippen LogP contribution in [0.1, 0.15) is 86.6 Å². The van der Waals surface area contributed by atoms with Gasteiger partial charge in [-0.05, 0) is 105 Å². The molecule has 2 saturated heterocycles. The minimum atomic E-state index is -1.14. The van der Waals surface area contributed by atoms with E-state index in [0.717, 1.165) is 48.0 Å². The largest absolute Gasteiger partial charge is 0.491 e. The van der Waals surface area contributed by atoms with Gasteiger partial charge in [-0.1, -0.05) is 28.1 Å². The molecule has 2 aliphatic heterocycles. The molecule has 1 N–H and O–H groups in total. The fraction of sp³-hybridized carbons (Fsp3) is 0.619. The van der Waals surface area contributed by atoms with Crippen molar-refractivity contribution in [2.24, 2.45) is 5.92 Å². The Morgan fingerprint density at radius 3 is 2.18 bits per heavy atom. The number of alkyl carbamates (subject to hydrolysis) is 1. The second-order valence-electron chi connectivity index (χ2n) is 17.4. The van der Waals surface area contributed by atoms with Gasteiger partial charge in [0.2, 0.25) is 5.91 Å². The van der Waals surface area contributed by atoms with Crippen molar-refractivity contribution in [1.29, 1.82) is 0 Å². The maximum absolute atomic E-state index is 14.3. The topological polar surface area (TPSA) is 130 Å². The first-order valence-corrected chi connectivity index (χ1v) is 20.6. The van der Waals surface area contributed by atoms with Gasteiger partial charge in [-0.3, -0.25) is 9.59 Å². The van der Waals surface area contributed by atoms with Gasteiger partial charge in [0.25, 0.3) is 5.91 Å². The molecule has 2 aromatic carbocycles. The Bertz CT molecular complexity index is 1710. The lowest BCUT2D eigenvalue weighted by atomic mass is 9.95. The van der Waals surface area contributed by atoms with Crippen molar-refractivity contribution in [3.05, 3.63) is 52.5 Å². The van der Waals surface area contributed by atoms with Crippen molar-refractivity contribution < 1.29 is 38.1 Å². The first kappa shape index (κ1) is 42.9. The Balaban J connectivity index is 1.18. The van der Waals surface area contributed by atoms with E-state index in [4.69, 9.17) is 18.9 Å². The summed E-state index contributed by atoms with van der Waals surface area (Å²) in [6.07, 6.45) is 2.76. The van der Waals surface area contributed by atoms with E-state index < -0.39 is 22.9 Å². The van der Waals surface area contributed by atoms with Crippen LogP contribution in [0.25, 0.3) is 0 Å². The summed E-state index contributed by atoms with van der Waals surface area (Å²) >= 11 is 3.55. The molecule has 2 aromatic rings. The Morgan fingerprint density at radius 2 is 1.52 bits per heavy atom. The molecule has 5 rings (SSSR count). The number of hydrogen-bond acceptors (Lipinski definition) is 9. The number of piperazine rings is 1. The zero-order valence-electron chi connectivity index (χ0n) is 34.3. The molecule has 4 amide bonds. The normalized spacial score (nSPS) is 17.9. The van der Waals surface area contributed by atoms with Crippen LogP contribution in [0.3, 0.4) is 0 Å². The first-order valence-electron chi connectivity index (χ1n) is 19.8. The summed E-state index contributed by atoms with van der Waals surface area (Å²) in [6, 6.07) is 13.8. The maximum atomic E-state index is 14.3. The molecule has 0 radical (unpaired) electrons. The van der Waals surface area contributed by atoms with Crippen LogP contribution in [-0.2, 0) is 25.6 Å². The number of rotatable bonds is 12. The number of amides is 4. The molecule has 3 aliphatic rings. The van der Waals surface area contributed by atoms with Gasteiger partial charge < -0.3 is 43.9 Å². The second-order valence-corrected chi connectivity index (χ2v) is 18.3. The number of ether oxygens (including phenoxy) is 4. The van der Waals surface area contributed by atoms with Gasteiger partial charge in [0, 0.05) is 73.6 Å². The third-order valence-electron chi connectivity index (χ3n) is 9.73. The van der Waals surface area contributed by atoms with E-state index >= 15 is 0 Å². The molecule has 13 nitrogen and oxygen atoms in total. The summed E-state index contributed by atoms with van der Waals surface area (Å²) in [6.45, 7) is 18.4. The van der Waals surface area contributed by atoms with Gasteiger partial charge in [-0.15, -0.1) is 0 Å². The van der Waals surface area contributed by atoms with Gasteiger partial charge >= 0.3 is 12.2 Å². The maximum Gasteiger partial charge on any atom is 0.410 e. The fourth-order valence-electron chi connectivity index (χ4n) is 6.91. The second kappa shape index (κ2) is 17.9. The van der Waals surface area contributed by atoms with E-state index in [2.05, 4.69) is 26.1 Å². The quantitative estimate of drug-likeness (QED) is 0.225. The minimum absolute atomic E-state index is 0.142. The summed E-state index contributed by atoms with van der Waals surface area (Å²) in [5.41, 5.74) is -0.453. The standard InChI is InChI=1S/C42H60BrN5O8/c1-40(2,3)55-38(51)44-18-24-53-35-25-31(43)15-14-29(35)28-48(32-16-17-32)36(49)30-11-10-19-47(27-30)33-12-9-13-34(26-33)54-42(7,8)37(50)45-20-22-46(23-21-45)39(52)56-41(4,5)6/h9,12-15,25-26,30,32H,10-11,16-24,27-28H2,1-8H3,(H,44,51)/t30-/m1/s1. The molecule has 0 unspecified atom stereocenters. The van der Waals surface area contributed by atoms with E-state index in [0.29, 0.717) is 50.8 Å². The Kier molecular flexibility index (Phi) is 13.8. The van der Waals surface area contributed by atoms with Crippen LogP contribution in [0.2, 0.25) is 0 Å². The van der Waals surface area contributed by atoms with Crippen molar-refractivity contribution in [3.8, 4) is 11.5 Å². The van der Waals surface area contributed by atoms with E-state index in [9.17, 15) is 19.2 Å². The van der Waals surface area contributed by atoms with Crippen LogP contribution in [0, 0.1) is 5.92 Å². The van der Waals surface area contributed by atoms with Crippen LogP contribution < -0.4 is 19.7 Å². The van der Waals surface area contributed by atoms with Gasteiger partial charge in [0.1, 0.15) is 29.3 Å². The number of hydrogen-bond donors (Lipinski definition) is 1. The average molecular weight is 843 g/mol. The van der Waals surface area contributed by atoms with Crippen molar-refractivity contribution in [1.82, 2.24) is 20.0 Å². The molecule has 14 heteroatoms. The van der Waals surface area contributed by atoms with Gasteiger partial charge in [0.15, 0.2) is 5.60 Å². The number of carbonyl (C=O) groups excluding carboxylic acids is 4. The van der Waals surface area contributed by atoms with Gasteiger partial charge in [-0.25, -0.2) is 9.59 Å². The molecule has 1 atom stereocenters. The first-order chi connectivity index (χ1) is 26.3. The van der Waals surface area contributed by atoms with E-state index in [1.165, 1.54) is 0 Å². The van der Waals surface area contributed by atoms with E-state index in [-0.39, 0.29) is 43.0 Å². The lowest BCUT2D eigenvalue weighted by molar-refractivity contribution is -0.147. The molecular weight excluding hydrogens is 782 g/mol. The number of benzene rings is 2. The van der Waals surface area contributed by atoms with Crippen molar-refractivity contribution >= 4 is 45.6 Å². The highest BCUT2D eigenvalue weighted by Gasteiger charge is 2.39. The predicted molar refractivity (Wildman–Crippen MR) is 218 cm³/mol. The number of nitrogens with one attached hydrogen (secondary N) is 1. The zero-order chi connectivity index (χ0) is 40.8. The molecule has 3 fully saturated rings. The third-order valence-corrected chi connectivity index (χ3v) is 10.2. The number of nitrogens with zero attached hydrogens (tertiary/aromatic N) is 4. The predicted octanol–water partition coefficient (Wildman–Crippen LogP) is 7.00. The van der Waals surface area contributed by atoms with Crippen LogP contribution >= 0.6 is 15.9 Å². The smallest absolute Gasteiger partial charge is 0.410 e. The summed E-state index contributed by atoms with van der Waals surface area (Å²) in [7, 11) is 0. The highest BCUT2D eigenvalue weighted by atomic mass is 79.9.